The Kier molecular flexibility index (Phi) is 7.26. The van der Waals surface area contributed by atoms with Crippen LogP contribution in [0, 0.1) is 0 Å². The number of carbonyl (C=O) groups excluding carboxylic acids is 2. The Hall–Kier alpha value is -1.59. The van der Waals surface area contributed by atoms with E-state index in [0.29, 0.717) is 24.1 Å². The predicted octanol–water partition coefficient (Wildman–Crippen LogP) is 3.20. The van der Waals surface area contributed by atoms with Gasteiger partial charge in [0.05, 0.1) is 0 Å². The summed E-state index contributed by atoms with van der Waals surface area (Å²) in [6.45, 7) is 3.96. The van der Waals surface area contributed by atoms with Crippen LogP contribution in [0.4, 0.5) is 5.69 Å². The Labute approximate surface area is 155 Å². The van der Waals surface area contributed by atoms with Gasteiger partial charge in [-0.1, -0.05) is 0 Å². The molecule has 0 aromatic heterocycles. The van der Waals surface area contributed by atoms with E-state index in [2.05, 4.69) is 17.6 Å². The highest BCUT2D eigenvalue weighted by atomic mass is 35.5. The first-order valence-electron chi connectivity index (χ1n) is 9.08. The number of halogens is 1. The van der Waals surface area contributed by atoms with Crippen molar-refractivity contribution in [3.05, 3.63) is 29.8 Å². The van der Waals surface area contributed by atoms with Gasteiger partial charge in [-0.25, -0.2) is 0 Å². The molecular formula is C19H28ClN3O2. The standard InChI is InChI=1S/C19H27N3O2.ClH/c1-14-5-2-3-12-22(14)19(24)15-7-9-16(10-8-15)21-18(23)13-17-6-4-11-20-17;/h7-10,14,17,20H,2-6,11-13H2,1H3,(H,21,23);1H. The van der Waals surface area contributed by atoms with Gasteiger partial charge in [-0.3, -0.25) is 9.59 Å². The number of rotatable bonds is 4. The van der Waals surface area contributed by atoms with Crippen molar-refractivity contribution in [3.8, 4) is 0 Å². The third kappa shape index (κ3) is 5.19. The highest BCUT2D eigenvalue weighted by Crippen LogP contribution is 2.20. The molecule has 2 saturated heterocycles. The highest BCUT2D eigenvalue weighted by molar-refractivity contribution is 5.96. The fourth-order valence-electron chi connectivity index (χ4n) is 3.63. The Morgan fingerprint density at radius 1 is 1.16 bits per heavy atom. The molecule has 138 valence electrons. The summed E-state index contributed by atoms with van der Waals surface area (Å²) in [5.74, 6) is 0.119. The second-order valence-corrected chi connectivity index (χ2v) is 6.97. The number of likely N-dealkylation sites (tertiary alicyclic amines) is 1. The van der Waals surface area contributed by atoms with E-state index in [0.717, 1.165) is 44.5 Å². The topological polar surface area (TPSA) is 61.4 Å². The summed E-state index contributed by atoms with van der Waals surface area (Å²) in [6, 6.07) is 7.88. The van der Waals surface area contributed by atoms with Gasteiger partial charge in [-0.05, 0) is 69.8 Å². The minimum Gasteiger partial charge on any atom is -0.336 e. The number of nitrogens with zero attached hydrogens (tertiary/aromatic N) is 1. The van der Waals surface area contributed by atoms with E-state index in [1.165, 1.54) is 6.42 Å². The van der Waals surface area contributed by atoms with Gasteiger partial charge in [0.2, 0.25) is 5.91 Å². The van der Waals surface area contributed by atoms with Crippen molar-refractivity contribution in [3.63, 3.8) is 0 Å². The van der Waals surface area contributed by atoms with Crippen molar-refractivity contribution in [2.45, 2.75) is 57.5 Å². The zero-order valence-corrected chi connectivity index (χ0v) is 15.6. The number of carbonyl (C=O) groups is 2. The molecule has 2 heterocycles. The van der Waals surface area contributed by atoms with Gasteiger partial charge in [0, 0.05) is 36.3 Å². The molecule has 3 rings (SSSR count). The largest absolute Gasteiger partial charge is 0.336 e. The molecule has 5 nitrogen and oxygen atoms in total. The summed E-state index contributed by atoms with van der Waals surface area (Å²) in [5.41, 5.74) is 1.44. The predicted molar refractivity (Wildman–Crippen MR) is 102 cm³/mol. The van der Waals surface area contributed by atoms with Crippen molar-refractivity contribution in [2.75, 3.05) is 18.4 Å². The quantitative estimate of drug-likeness (QED) is 0.861. The van der Waals surface area contributed by atoms with Crippen molar-refractivity contribution < 1.29 is 9.59 Å². The van der Waals surface area contributed by atoms with Crippen LogP contribution < -0.4 is 10.6 Å². The molecule has 1 aromatic rings. The van der Waals surface area contributed by atoms with E-state index in [4.69, 9.17) is 0 Å². The van der Waals surface area contributed by atoms with Crippen molar-refractivity contribution >= 4 is 29.9 Å². The minimum absolute atomic E-state index is 0. The summed E-state index contributed by atoms with van der Waals surface area (Å²) in [5, 5.41) is 6.25. The van der Waals surface area contributed by atoms with E-state index < -0.39 is 0 Å². The molecule has 25 heavy (non-hydrogen) atoms. The normalized spacial score (nSPS) is 23.0. The van der Waals surface area contributed by atoms with Gasteiger partial charge >= 0.3 is 0 Å². The molecule has 2 atom stereocenters. The van der Waals surface area contributed by atoms with Crippen molar-refractivity contribution in [1.82, 2.24) is 10.2 Å². The molecule has 2 amide bonds. The molecule has 2 N–H and O–H groups in total. The molecule has 0 saturated carbocycles. The van der Waals surface area contributed by atoms with Gasteiger partial charge in [-0.2, -0.15) is 0 Å². The zero-order valence-electron chi connectivity index (χ0n) is 14.8. The smallest absolute Gasteiger partial charge is 0.254 e. The van der Waals surface area contributed by atoms with E-state index in [-0.39, 0.29) is 24.2 Å². The first-order valence-corrected chi connectivity index (χ1v) is 9.08. The molecule has 2 fully saturated rings. The third-order valence-corrected chi connectivity index (χ3v) is 5.07. The average molecular weight is 366 g/mol. The fraction of sp³-hybridized carbons (Fsp3) is 0.579. The number of benzene rings is 1. The lowest BCUT2D eigenvalue weighted by Gasteiger charge is -2.33. The van der Waals surface area contributed by atoms with Gasteiger partial charge in [-0.15, -0.1) is 12.4 Å². The summed E-state index contributed by atoms with van der Waals surface area (Å²) in [7, 11) is 0. The van der Waals surface area contributed by atoms with Gasteiger partial charge in [0.15, 0.2) is 0 Å². The lowest BCUT2D eigenvalue weighted by atomic mass is 10.0. The Bertz CT molecular complexity index is 585. The third-order valence-electron chi connectivity index (χ3n) is 5.07. The second kappa shape index (κ2) is 9.20. The minimum atomic E-state index is 0. The monoisotopic (exact) mass is 365 g/mol. The molecule has 0 spiro atoms. The Balaban J connectivity index is 0.00000225. The number of nitrogens with one attached hydrogen (secondary N) is 2. The van der Waals surface area contributed by atoms with Crippen molar-refractivity contribution in [1.29, 1.82) is 0 Å². The Morgan fingerprint density at radius 3 is 2.56 bits per heavy atom. The van der Waals surface area contributed by atoms with E-state index in [9.17, 15) is 9.59 Å². The van der Waals surface area contributed by atoms with Crippen LogP contribution in [0.25, 0.3) is 0 Å². The molecular weight excluding hydrogens is 338 g/mol. The molecule has 0 aliphatic carbocycles. The number of piperidine rings is 1. The summed E-state index contributed by atoms with van der Waals surface area (Å²) in [6.07, 6.45) is 6.07. The molecule has 2 unspecified atom stereocenters. The van der Waals surface area contributed by atoms with Gasteiger partial charge in [0.1, 0.15) is 0 Å². The average Bonchev–Trinajstić information content (AvgIpc) is 3.08. The van der Waals surface area contributed by atoms with Crippen LogP contribution in [0.3, 0.4) is 0 Å². The molecule has 6 heteroatoms. The maximum atomic E-state index is 12.6. The zero-order chi connectivity index (χ0) is 16.9. The lowest BCUT2D eigenvalue weighted by molar-refractivity contribution is -0.116. The van der Waals surface area contributed by atoms with Crippen LogP contribution in [0.5, 0.6) is 0 Å². The van der Waals surface area contributed by atoms with Gasteiger partial charge in [0.25, 0.3) is 5.91 Å². The molecule has 2 aliphatic heterocycles. The number of anilines is 1. The molecule has 0 bridgehead atoms. The SMILES string of the molecule is CC1CCCCN1C(=O)c1ccc(NC(=O)CC2CCCN2)cc1.Cl. The van der Waals surface area contributed by atoms with Crippen LogP contribution >= 0.6 is 12.4 Å². The van der Waals surface area contributed by atoms with E-state index in [1.807, 2.05) is 29.2 Å². The maximum Gasteiger partial charge on any atom is 0.254 e. The van der Waals surface area contributed by atoms with Crippen LogP contribution in [-0.2, 0) is 4.79 Å². The number of hydrogen-bond donors (Lipinski definition) is 2. The summed E-state index contributed by atoms with van der Waals surface area (Å²) < 4.78 is 0. The van der Waals surface area contributed by atoms with Gasteiger partial charge < -0.3 is 15.5 Å². The van der Waals surface area contributed by atoms with E-state index in [1.54, 1.807) is 0 Å². The molecule has 1 aromatic carbocycles. The van der Waals surface area contributed by atoms with E-state index >= 15 is 0 Å². The summed E-state index contributed by atoms with van der Waals surface area (Å²) >= 11 is 0. The highest BCUT2D eigenvalue weighted by Gasteiger charge is 2.24. The van der Waals surface area contributed by atoms with Crippen LogP contribution in [-0.4, -0.2) is 41.9 Å². The second-order valence-electron chi connectivity index (χ2n) is 6.97. The van der Waals surface area contributed by atoms with Crippen molar-refractivity contribution in [2.24, 2.45) is 0 Å². The fourth-order valence-corrected chi connectivity index (χ4v) is 3.63. The van der Waals surface area contributed by atoms with Crippen LogP contribution in [0.2, 0.25) is 0 Å². The van der Waals surface area contributed by atoms with Crippen LogP contribution in [0.1, 0.15) is 55.8 Å². The lowest BCUT2D eigenvalue weighted by Crippen LogP contribution is -2.42. The molecule has 2 aliphatic rings. The number of hydrogen-bond acceptors (Lipinski definition) is 3. The first kappa shape index (κ1) is 19.7. The first-order chi connectivity index (χ1) is 11.6. The number of amides is 2. The Morgan fingerprint density at radius 2 is 1.92 bits per heavy atom. The van der Waals surface area contributed by atoms with Crippen LogP contribution in [0.15, 0.2) is 24.3 Å². The summed E-state index contributed by atoms with van der Waals surface area (Å²) in [4.78, 5) is 26.6. The molecule has 0 radical (unpaired) electrons. The maximum absolute atomic E-state index is 12.6.